The molecule has 2 aliphatic carbocycles. The Hall–Kier alpha value is -1.59. The Kier molecular flexibility index (Phi) is 2.36. The highest BCUT2D eigenvalue weighted by atomic mass is 16.4. The van der Waals surface area contributed by atoms with Gasteiger partial charge in [0.05, 0.1) is 17.8 Å². The molecule has 88 valence electrons. The fraction of sp³-hybridized carbons (Fsp3) is 0.700. The van der Waals surface area contributed by atoms with Gasteiger partial charge < -0.3 is 15.3 Å². The van der Waals surface area contributed by atoms with Gasteiger partial charge in [0, 0.05) is 0 Å². The normalized spacial score (nSPS) is 40.9. The summed E-state index contributed by atoms with van der Waals surface area (Å²) in [6, 6.07) is 0. The van der Waals surface area contributed by atoms with Crippen molar-refractivity contribution in [3.63, 3.8) is 0 Å². The Balaban J connectivity index is 2.29. The van der Waals surface area contributed by atoms with Crippen LogP contribution in [-0.4, -0.2) is 33.2 Å². The average Bonchev–Trinajstić information content (AvgIpc) is 2.72. The molecule has 2 bridgehead atoms. The van der Waals surface area contributed by atoms with Gasteiger partial charge >= 0.3 is 17.9 Å². The third-order valence-corrected chi connectivity index (χ3v) is 3.89. The Bertz CT molecular complexity index is 362. The summed E-state index contributed by atoms with van der Waals surface area (Å²) in [6.07, 6.45) is 0.700. The van der Waals surface area contributed by atoms with Crippen LogP contribution in [0, 0.1) is 29.6 Å². The maximum atomic E-state index is 11.0. The molecule has 16 heavy (non-hydrogen) atoms. The van der Waals surface area contributed by atoms with Crippen molar-refractivity contribution < 1.29 is 29.7 Å². The van der Waals surface area contributed by atoms with Crippen molar-refractivity contribution in [1.29, 1.82) is 0 Å². The van der Waals surface area contributed by atoms with E-state index in [-0.39, 0.29) is 5.92 Å². The molecule has 6 nitrogen and oxygen atoms in total. The van der Waals surface area contributed by atoms with Crippen molar-refractivity contribution in [3.05, 3.63) is 0 Å². The first-order valence-corrected chi connectivity index (χ1v) is 5.12. The lowest BCUT2D eigenvalue weighted by atomic mass is 9.74. The second-order valence-electron chi connectivity index (χ2n) is 4.57. The maximum absolute atomic E-state index is 11.0. The molecule has 3 N–H and O–H groups in total. The number of aliphatic carboxylic acids is 3. The van der Waals surface area contributed by atoms with E-state index in [1.807, 2.05) is 0 Å². The summed E-state index contributed by atoms with van der Waals surface area (Å²) in [5.41, 5.74) is 0. The zero-order valence-corrected chi connectivity index (χ0v) is 8.37. The van der Waals surface area contributed by atoms with Gasteiger partial charge in [-0.3, -0.25) is 14.4 Å². The van der Waals surface area contributed by atoms with Crippen molar-refractivity contribution in [2.75, 3.05) is 0 Å². The Morgan fingerprint density at radius 2 is 1.38 bits per heavy atom. The van der Waals surface area contributed by atoms with E-state index >= 15 is 0 Å². The largest absolute Gasteiger partial charge is 0.481 e. The molecule has 0 spiro atoms. The lowest BCUT2D eigenvalue weighted by Crippen LogP contribution is -2.40. The van der Waals surface area contributed by atoms with Gasteiger partial charge in [0.25, 0.3) is 0 Å². The molecular formula is C10H12O6. The molecule has 5 atom stereocenters. The molecule has 0 aromatic heterocycles. The van der Waals surface area contributed by atoms with Crippen LogP contribution in [0.1, 0.15) is 12.8 Å². The predicted octanol–water partition coefficient (Wildman–Crippen LogP) is 0.129. The Morgan fingerprint density at radius 1 is 0.812 bits per heavy atom. The van der Waals surface area contributed by atoms with Crippen molar-refractivity contribution >= 4 is 17.9 Å². The van der Waals surface area contributed by atoms with Crippen LogP contribution < -0.4 is 0 Å². The first-order chi connectivity index (χ1) is 7.43. The van der Waals surface area contributed by atoms with E-state index in [1.54, 1.807) is 0 Å². The molecular weight excluding hydrogens is 216 g/mol. The molecule has 0 aromatic rings. The van der Waals surface area contributed by atoms with E-state index in [0.29, 0.717) is 12.8 Å². The van der Waals surface area contributed by atoms with E-state index in [2.05, 4.69) is 0 Å². The summed E-state index contributed by atoms with van der Waals surface area (Å²) in [7, 11) is 0. The number of carboxylic acid groups (broad SMARTS) is 3. The van der Waals surface area contributed by atoms with Gasteiger partial charge in [-0.05, 0) is 24.7 Å². The number of hydrogen-bond acceptors (Lipinski definition) is 3. The monoisotopic (exact) mass is 228 g/mol. The minimum atomic E-state index is -1.19. The fourth-order valence-corrected chi connectivity index (χ4v) is 3.34. The topological polar surface area (TPSA) is 112 Å². The first kappa shape index (κ1) is 10.9. The van der Waals surface area contributed by atoms with Crippen LogP contribution >= 0.6 is 0 Å². The number of carbonyl (C=O) groups is 3. The van der Waals surface area contributed by atoms with Gasteiger partial charge in [0.15, 0.2) is 0 Å². The highest BCUT2D eigenvalue weighted by Crippen LogP contribution is 2.55. The number of hydrogen-bond donors (Lipinski definition) is 3. The van der Waals surface area contributed by atoms with Crippen LogP contribution in [0.3, 0.4) is 0 Å². The molecule has 5 unspecified atom stereocenters. The van der Waals surface area contributed by atoms with Crippen molar-refractivity contribution in [3.8, 4) is 0 Å². The average molecular weight is 228 g/mol. The van der Waals surface area contributed by atoms with Gasteiger partial charge in [0.1, 0.15) is 0 Å². The van der Waals surface area contributed by atoms with E-state index < -0.39 is 41.6 Å². The zero-order valence-electron chi connectivity index (χ0n) is 8.37. The molecule has 0 saturated heterocycles. The lowest BCUT2D eigenvalue weighted by Gasteiger charge is -2.28. The smallest absolute Gasteiger partial charge is 0.307 e. The van der Waals surface area contributed by atoms with Gasteiger partial charge in [-0.15, -0.1) is 0 Å². The van der Waals surface area contributed by atoms with Crippen molar-refractivity contribution in [2.24, 2.45) is 29.6 Å². The molecule has 2 rings (SSSR count). The minimum Gasteiger partial charge on any atom is -0.481 e. The number of fused-ring (bicyclic) bond motifs is 2. The Labute approximate surface area is 90.9 Å². The Morgan fingerprint density at radius 3 is 1.81 bits per heavy atom. The second-order valence-corrected chi connectivity index (χ2v) is 4.57. The van der Waals surface area contributed by atoms with Crippen LogP contribution in [0.4, 0.5) is 0 Å². The number of carboxylic acids is 3. The summed E-state index contributed by atoms with van der Waals surface area (Å²) in [4.78, 5) is 32.9. The lowest BCUT2D eigenvalue weighted by molar-refractivity contribution is -0.160. The molecule has 2 aliphatic rings. The van der Waals surface area contributed by atoms with Crippen LogP contribution in [0.15, 0.2) is 0 Å². The van der Waals surface area contributed by atoms with E-state index in [4.69, 9.17) is 15.3 Å². The minimum absolute atomic E-state index is 0.292. The van der Waals surface area contributed by atoms with E-state index in [9.17, 15) is 14.4 Å². The van der Waals surface area contributed by atoms with Crippen LogP contribution in [0.25, 0.3) is 0 Å². The maximum Gasteiger partial charge on any atom is 0.307 e. The van der Waals surface area contributed by atoms with Gasteiger partial charge in [-0.2, -0.15) is 0 Å². The number of rotatable bonds is 3. The fourth-order valence-electron chi connectivity index (χ4n) is 3.34. The molecule has 2 saturated carbocycles. The van der Waals surface area contributed by atoms with Crippen LogP contribution in [0.2, 0.25) is 0 Å². The van der Waals surface area contributed by atoms with Gasteiger partial charge in [-0.25, -0.2) is 0 Å². The summed E-state index contributed by atoms with van der Waals surface area (Å²) in [5.74, 6) is -6.81. The molecule has 6 heteroatoms. The quantitative estimate of drug-likeness (QED) is 0.632. The summed E-state index contributed by atoms with van der Waals surface area (Å²) >= 11 is 0. The summed E-state index contributed by atoms with van der Waals surface area (Å²) in [5, 5.41) is 26.9. The molecule has 0 amide bonds. The third-order valence-electron chi connectivity index (χ3n) is 3.89. The highest BCUT2D eigenvalue weighted by molar-refractivity contribution is 5.83. The molecule has 0 aromatic carbocycles. The van der Waals surface area contributed by atoms with E-state index in [0.717, 1.165) is 0 Å². The van der Waals surface area contributed by atoms with Crippen molar-refractivity contribution in [1.82, 2.24) is 0 Å². The SMILES string of the molecule is O=C(O)C1CC2CC1C(C(=O)O)C2C(=O)O. The standard InChI is InChI=1S/C10H12O6/c11-8(12)5-2-3-1-4(5)7(10(15)16)6(3)9(13)14/h3-7H,1-2H2,(H,11,12)(H,13,14)(H,15,16). The predicted molar refractivity (Wildman–Crippen MR) is 49.6 cm³/mol. The van der Waals surface area contributed by atoms with Gasteiger partial charge in [0.2, 0.25) is 0 Å². The summed E-state index contributed by atoms with van der Waals surface area (Å²) in [6.45, 7) is 0. The third kappa shape index (κ3) is 1.36. The van der Waals surface area contributed by atoms with Gasteiger partial charge in [-0.1, -0.05) is 0 Å². The zero-order chi connectivity index (χ0) is 12.0. The van der Waals surface area contributed by atoms with Crippen molar-refractivity contribution in [2.45, 2.75) is 12.8 Å². The van der Waals surface area contributed by atoms with Crippen LogP contribution in [0.5, 0.6) is 0 Å². The summed E-state index contributed by atoms with van der Waals surface area (Å²) < 4.78 is 0. The molecule has 0 aliphatic heterocycles. The highest BCUT2D eigenvalue weighted by Gasteiger charge is 2.60. The molecule has 0 heterocycles. The first-order valence-electron chi connectivity index (χ1n) is 5.12. The second kappa shape index (κ2) is 3.47. The van der Waals surface area contributed by atoms with Crippen LogP contribution in [-0.2, 0) is 14.4 Å². The molecule has 0 radical (unpaired) electrons. The van der Waals surface area contributed by atoms with E-state index in [1.165, 1.54) is 0 Å². The molecule has 2 fully saturated rings.